The zero-order chi connectivity index (χ0) is 42.3. The lowest BCUT2D eigenvalue weighted by molar-refractivity contribution is -0.140. The molecule has 3 aliphatic rings. The van der Waals surface area contributed by atoms with Crippen molar-refractivity contribution in [2.24, 2.45) is 34.5 Å². The van der Waals surface area contributed by atoms with Gasteiger partial charge in [-0.15, -0.1) is 0 Å². The monoisotopic (exact) mass is 812 g/mol. The number of amides is 1. The van der Waals surface area contributed by atoms with Gasteiger partial charge < -0.3 is 36.0 Å². The predicted molar refractivity (Wildman–Crippen MR) is 218 cm³/mol. The summed E-state index contributed by atoms with van der Waals surface area (Å²) in [6, 6.07) is 0. The van der Waals surface area contributed by atoms with Gasteiger partial charge in [0.1, 0.15) is 0 Å². The second-order valence-electron chi connectivity index (χ2n) is 18.3. The molecule has 3 fully saturated rings. The van der Waals surface area contributed by atoms with Crippen LogP contribution in [-0.2, 0) is 19.2 Å². The molecule has 9 atom stereocenters. The van der Waals surface area contributed by atoms with Gasteiger partial charge in [0.05, 0.1) is 44.5 Å². The van der Waals surface area contributed by atoms with Crippen molar-refractivity contribution in [2.45, 2.75) is 124 Å². The third kappa shape index (κ3) is 15.6. The van der Waals surface area contributed by atoms with E-state index in [0.29, 0.717) is 77.7 Å². The molecule has 1 amide bonds. The highest BCUT2D eigenvalue weighted by Gasteiger charge is 2.54. The maximum Gasteiger partial charge on any atom is 0.317 e. The molecule has 1 aliphatic heterocycles. The number of carbonyl (C=O) groups is 4. The molecule has 0 radical (unpaired) electrons. The number of aliphatic hydroxyl groups excluding tert-OH is 3. The maximum atomic E-state index is 13.3. The van der Waals surface area contributed by atoms with E-state index in [4.69, 9.17) is 0 Å². The Morgan fingerprint density at radius 3 is 1.70 bits per heavy atom. The van der Waals surface area contributed by atoms with Crippen LogP contribution < -0.4 is 5.32 Å². The van der Waals surface area contributed by atoms with E-state index in [1.54, 1.807) is 14.7 Å². The summed E-state index contributed by atoms with van der Waals surface area (Å²) < 4.78 is 0. The van der Waals surface area contributed by atoms with Crippen molar-refractivity contribution in [3.8, 4) is 0 Å². The molecule has 0 aromatic rings. The first-order valence-corrected chi connectivity index (χ1v) is 21.7. The summed E-state index contributed by atoms with van der Waals surface area (Å²) in [6.07, 6.45) is 7.69. The summed E-state index contributed by atoms with van der Waals surface area (Å²) in [7, 11) is 0. The first kappa shape index (κ1) is 49.0. The molecule has 2 saturated carbocycles. The van der Waals surface area contributed by atoms with Crippen LogP contribution in [0.15, 0.2) is 0 Å². The second kappa shape index (κ2) is 23.4. The summed E-state index contributed by atoms with van der Waals surface area (Å²) in [5, 5.41) is 65.1. The number of carboxylic acids is 3. The lowest BCUT2D eigenvalue weighted by atomic mass is 9.59. The van der Waals surface area contributed by atoms with E-state index in [1.165, 1.54) is 0 Å². The van der Waals surface area contributed by atoms with Crippen LogP contribution in [0.3, 0.4) is 0 Å². The molecule has 0 aromatic carbocycles. The first-order valence-electron chi connectivity index (χ1n) is 21.7. The van der Waals surface area contributed by atoms with Crippen molar-refractivity contribution in [1.29, 1.82) is 0 Å². The minimum atomic E-state index is -1.01. The van der Waals surface area contributed by atoms with E-state index in [2.05, 4.69) is 33.0 Å². The van der Waals surface area contributed by atoms with Gasteiger partial charge in [-0.05, 0) is 105 Å². The van der Waals surface area contributed by atoms with Crippen molar-refractivity contribution >= 4 is 23.8 Å². The number of rotatable bonds is 17. The molecule has 0 spiro atoms. The van der Waals surface area contributed by atoms with Gasteiger partial charge in [-0.25, -0.2) is 0 Å². The van der Waals surface area contributed by atoms with Crippen LogP contribution in [0, 0.1) is 34.5 Å². The van der Waals surface area contributed by atoms with Crippen LogP contribution in [0.4, 0.5) is 0 Å². The topological polar surface area (TPSA) is 215 Å². The van der Waals surface area contributed by atoms with Crippen LogP contribution in [0.25, 0.3) is 0 Å². The van der Waals surface area contributed by atoms with E-state index in [-0.39, 0.29) is 66.8 Å². The Hall–Kier alpha value is -2.40. The lowest BCUT2D eigenvalue weighted by Crippen LogP contribution is -2.49. The number of nitrogens with one attached hydrogen (secondary N) is 1. The smallest absolute Gasteiger partial charge is 0.317 e. The summed E-state index contributed by atoms with van der Waals surface area (Å²) in [5.41, 5.74) is -0.415. The molecule has 15 heteroatoms. The van der Waals surface area contributed by atoms with Crippen LogP contribution in [-0.4, -0.2) is 177 Å². The third-order valence-electron chi connectivity index (χ3n) is 14.3. The number of carbonyl (C=O) groups excluding carboxylic acids is 1. The lowest BCUT2D eigenvalue weighted by Gasteiger charge is -2.48. The number of carboxylic acid groups (broad SMARTS) is 3. The molecule has 0 bridgehead atoms. The van der Waals surface area contributed by atoms with Gasteiger partial charge in [0, 0.05) is 58.9 Å². The Kier molecular flexibility index (Phi) is 20.1. The molecule has 0 unspecified atom stereocenters. The van der Waals surface area contributed by atoms with Crippen molar-refractivity contribution < 1.29 is 49.8 Å². The van der Waals surface area contributed by atoms with Gasteiger partial charge in [-0.2, -0.15) is 0 Å². The highest BCUT2D eigenvalue weighted by Crippen LogP contribution is 2.58. The molecule has 1 heterocycles. The van der Waals surface area contributed by atoms with Crippen molar-refractivity contribution in [1.82, 2.24) is 24.9 Å². The molecule has 330 valence electrons. The molecule has 2 aliphatic carbocycles. The number of hydrogen-bond acceptors (Lipinski definition) is 11. The molecular weight excluding hydrogens is 734 g/mol. The minimum Gasteiger partial charge on any atom is -0.480 e. The molecular formula is C42H77N5O10. The van der Waals surface area contributed by atoms with E-state index in [0.717, 1.165) is 57.8 Å². The zero-order valence-corrected chi connectivity index (χ0v) is 35.6. The molecule has 0 aromatic heterocycles. The highest BCUT2D eigenvalue weighted by atomic mass is 16.4. The normalized spacial score (nSPS) is 32.0. The average Bonchev–Trinajstić information content (AvgIpc) is 3.47. The Morgan fingerprint density at radius 1 is 0.737 bits per heavy atom. The largest absolute Gasteiger partial charge is 0.480 e. The fourth-order valence-electron chi connectivity index (χ4n) is 10.1. The Labute approximate surface area is 341 Å². The number of hydrogen-bond donors (Lipinski definition) is 7. The SMILES string of the molecule is CC[C@H](O)CC[C@@]1(C)CC[C@@H](O)C[C@@H]2CC[C@H]([C@H](C)CCCNC(=O)CN3CCN(CC(=O)O)CCN(CC(=O)O)CCN(CC(=O)O)CC3)[C@@]2(C)[C@@H](O)C[C@H]1C. The van der Waals surface area contributed by atoms with Gasteiger partial charge in [0.15, 0.2) is 0 Å². The molecule has 57 heavy (non-hydrogen) atoms. The predicted octanol–water partition coefficient (Wildman–Crippen LogP) is 2.52. The molecule has 15 nitrogen and oxygen atoms in total. The standard InChI is InChI=1S/C42H77N5O10/c1-6-33(48)11-13-41(4)14-12-34(49)25-32-9-10-35(42(32,5)36(50)24-31(41)3)30(2)8-7-15-43-37(51)26-44-16-18-45(27-38(52)53)20-22-47(29-40(56)57)23-21-46(19-17-44)28-39(54)55/h30-36,48-50H,6-29H2,1-5H3,(H,43,51)(H,52,53)(H,54,55)(H,56,57)/t30-,31-,32+,33+,34-,35-,36+,41+,42+/m1/s1. The van der Waals surface area contributed by atoms with Crippen LogP contribution in [0.1, 0.15) is 105 Å². The summed E-state index contributed by atoms with van der Waals surface area (Å²) in [6.45, 7) is 13.6. The first-order chi connectivity index (χ1) is 26.9. The van der Waals surface area contributed by atoms with Gasteiger partial charge in [0.2, 0.25) is 5.91 Å². The Balaban J connectivity index is 1.60. The molecule has 3 rings (SSSR count). The van der Waals surface area contributed by atoms with Crippen molar-refractivity contribution in [2.75, 3.05) is 85.1 Å². The van der Waals surface area contributed by atoms with Crippen molar-refractivity contribution in [3.05, 3.63) is 0 Å². The van der Waals surface area contributed by atoms with Crippen LogP contribution in [0.5, 0.6) is 0 Å². The minimum absolute atomic E-state index is 0.0773. The number of nitrogens with zero attached hydrogens (tertiary/aromatic N) is 4. The van der Waals surface area contributed by atoms with Gasteiger partial charge in [-0.3, -0.25) is 38.8 Å². The zero-order valence-electron chi connectivity index (χ0n) is 35.6. The van der Waals surface area contributed by atoms with Crippen LogP contribution >= 0.6 is 0 Å². The fraction of sp³-hybridized carbons (Fsp3) is 0.905. The van der Waals surface area contributed by atoms with Crippen molar-refractivity contribution in [3.63, 3.8) is 0 Å². The van der Waals surface area contributed by atoms with Gasteiger partial charge in [-0.1, -0.05) is 34.6 Å². The van der Waals surface area contributed by atoms with E-state index in [9.17, 15) is 49.8 Å². The van der Waals surface area contributed by atoms with E-state index in [1.807, 2.05) is 11.8 Å². The Bertz CT molecular complexity index is 1250. The highest BCUT2D eigenvalue weighted by molar-refractivity contribution is 5.78. The summed E-state index contributed by atoms with van der Waals surface area (Å²) in [4.78, 5) is 55.1. The number of aliphatic carboxylic acids is 3. The Morgan fingerprint density at radius 2 is 1.23 bits per heavy atom. The van der Waals surface area contributed by atoms with Gasteiger partial charge >= 0.3 is 17.9 Å². The number of fused-ring (bicyclic) bond motifs is 1. The van der Waals surface area contributed by atoms with Crippen LogP contribution in [0.2, 0.25) is 0 Å². The number of aliphatic hydroxyl groups is 3. The summed E-state index contributed by atoms with van der Waals surface area (Å²) >= 11 is 0. The molecule has 7 N–H and O–H groups in total. The van der Waals surface area contributed by atoms with Gasteiger partial charge in [0.25, 0.3) is 0 Å². The third-order valence-corrected chi connectivity index (χ3v) is 14.3. The molecule has 1 saturated heterocycles. The quantitative estimate of drug-likeness (QED) is 0.105. The average molecular weight is 812 g/mol. The van der Waals surface area contributed by atoms with E-state index >= 15 is 0 Å². The summed E-state index contributed by atoms with van der Waals surface area (Å²) in [5.74, 6) is -2.12. The maximum absolute atomic E-state index is 13.3. The van der Waals surface area contributed by atoms with E-state index < -0.39 is 30.1 Å². The second-order valence-corrected chi connectivity index (χ2v) is 18.3. The fourth-order valence-corrected chi connectivity index (χ4v) is 10.1.